The first kappa shape index (κ1) is 24.8. The van der Waals surface area contributed by atoms with Gasteiger partial charge in [0.15, 0.2) is 0 Å². The minimum absolute atomic E-state index is 0.0983. The van der Waals surface area contributed by atoms with Crippen LogP contribution in [0.3, 0.4) is 0 Å². The van der Waals surface area contributed by atoms with Gasteiger partial charge >= 0.3 is 6.09 Å². The molecule has 1 atom stereocenters. The van der Waals surface area contributed by atoms with Crippen LogP contribution in [0, 0.1) is 0 Å². The molecule has 1 heterocycles. The summed E-state index contributed by atoms with van der Waals surface area (Å²) in [5.74, 6) is 0. The van der Waals surface area contributed by atoms with E-state index in [9.17, 15) is 4.79 Å². The van der Waals surface area contributed by atoms with Gasteiger partial charge in [0.2, 0.25) is 0 Å². The number of piperidine rings is 1. The summed E-state index contributed by atoms with van der Waals surface area (Å²) in [5.41, 5.74) is 3.73. The highest BCUT2D eigenvalue weighted by atomic mass is 16.6. The number of benzene rings is 3. The third-order valence-corrected chi connectivity index (χ3v) is 6.96. The van der Waals surface area contributed by atoms with Crippen molar-refractivity contribution in [1.29, 1.82) is 0 Å². The van der Waals surface area contributed by atoms with Gasteiger partial charge in [-0.05, 0) is 43.0 Å². The summed E-state index contributed by atoms with van der Waals surface area (Å²) in [6, 6.07) is 31.9. The number of hydrogen-bond donors (Lipinski definition) is 0. The Morgan fingerprint density at radius 2 is 1.34 bits per heavy atom. The Balaban J connectivity index is 1.29. The van der Waals surface area contributed by atoms with Crippen molar-refractivity contribution in [3.05, 3.63) is 102 Å². The van der Waals surface area contributed by atoms with Crippen LogP contribution in [0.15, 0.2) is 91.0 Å². The first-order chi connectivity index (χ1) is 17.1. The van der Waals surface area contributed by atoms with E-state index in [1.807, 2.05) is 23.1 Å². The van der Waals surface area contributed by atoms with Gasteiger partial charge in [0, 0.05) is 51.0 Å². The highest BCUT2D eigenvalue weighted by Crippen LogP contribution is 2.22. The van der Waals surface area contributed by atoms with Crippen molar-refractivity contribution in [2.24, 2.45) is 0 Å². The number of anilines is 1. The molecule has 5 nitrogen and oxygen atoms in total. The molecule has 1 amide bonds. The Hall–Kier alpha value is -3.31. The summed E-state index contributed by atoms with van der Waals surface area (Å²) in [6.07, 6.45) is 1.70. The number of carbonyl (C=O) groups excluding carboxylic acids is 1. The molecule has 1 aliphatic rings. The second-order valence-electron chi connectivity index (χ2n) is 9.47. The summed E-state index contributed by atoms with van der Waals surface area (Å²) < 4.78 is 5.81. The van der Waals surface area contributed by atoms with E-state index in [1.54, 1.807) is 0 Å². The third-order valence-electron chi connectivity index (χ3n) is 6.96. The Morgan fingerprint density at radius 3 is 1.86 bits per heavy atom. The van der Waals surface area contributed by atoms with Crippen molar-refractivity contribution in [3.8, 4) is 0 Å². The number of rotatable bonds is 9. The smallest absolute Gasteiger partial charge is 0.409 e. The third kappa shape index (κ3) is 7.09. The molecule has 1 fully saturated rings. The summed E-state index contributed by atoms with van der Waals surface area (Å²) >= 11 is 0. The standard InChI is InChI=1S/C30H37N3O2/c1-25(33(22-26-12-6-3-7-13-26)23-27-14-8-4-9-15-27)24-35-30(34)32-20-18-29(19-21-32)31(2)28-16-10-5-11-17-28/h3-17,25,29H,18-24H2,1-2H3/t25-/m0/s1. The van der Waals surface area contributed by atoms with Gasteiger partial charge in [0.1, 0.15) is 6.61 Å². The summed E-state index contributed by atoms with van der Waals surface area (Å²) in [6.45, 7) is 5.60. The first-order valence-corrected chi connectivity index (χ1v) is 12.6. The molecule has 0 aromatic heterocycles. The normalized spacial score (nSPS) is 15.1. The van der Waals surface area contributed by atoms with E-state index in [0.717, 1.165) is 39.0 Å². The van der Waals surface area contributed by atoms with Gasteiger partial charge in [-0.3, -0.25) is 4.90 Å². The Morgan fingerprint density at radius 1 is 0.857 bits per heavy atom. The number of amides is 1. The van der Waals surface area contributed by atoms with E-state index >= 15 is 0 Å². The van der Waals surface area contributed by atoms with Gasteiger partial charge in [0.25, 0.3) is 0 Å². The summed E-state index contributed by atoms with van der Waals surface area (Å²) in [4.78, 5) is 19.4. The van der Waals surface area contributed by atoms with Crippen LogP contribution in [0.1, 0.15) is 30.9 Å². The van der Waals surface area contributed by atoms with Gasteiger partial charge in [-0.25, -0.2) is 4.79 Å². The molecule has 0 radical (unpaired) electrons. The van der Waals surface area contributed by atoms with Crippen molar-refractivity contribution in [2.75, 3.05) is 31.6 Å². The maximum Gasteiger partial charge on any atom is 0.409 e. The van der Waals surface area contributed by atoms with E-state index in [0.29, 0.717) is 12.6 Å². The van der Waals surface area contributed by atoms with Crippen LogP contribution in [0.2, 0.25) is 0 Å². The van der Waals surface area contributed by atoms with Crippen LogP contribution in [0.25, 0.3) is 0 Å². The zero-order chi connectivity index (χ0) is 24.5. The molecule has 0 spiro atoms. The van der Waals surface area contributed by atoms with Crippen molar-refractivity contribution in [2.45, 2.75) is 44.9 Å². The molecule has 0 saturated carbocycles. The average Bonchev–Trinajstić information content (AvgIpc) is 2.92. The SMILES string of the molecule is C[C@@H](COC(=O)N1CCC(N(C)c2ccccc2)CC1)N(Cc1ccccc1)Cc1ccccc1. The molecule has 0 aliphatic carbocycles. The van der Waals surface area contributed by atoms with Crippen LogP contribution in [-0.4, -0.2) is 54.7 Å². The zero-order valence-corrected chi connectivity index (χ0v) is 20.9. The van der Waals surface area contributed by atoms with E-state index in [4.69, 9.17) is 4.74 Å². The maximum absolute atomic E-state index is 12.9. The minimum Gasteiger partial charge on any atom is -0.448 e. The number of likely N-dealkylation sites (tertiary alicyclic amines) is 1. The molecule has 3 aromatic carbocycles. The summed E-state index contributed by atoms with van der Waals surface area (Å²) in [7, 11) is 2.14. The van der Waals surface area contributed by atoms with E-state index in [-0.39, 0.29) is 12.1 Å². The number of nitrogens with zero attached hydrogens (tertiary/aromatic N) is 3. The highest BCUT2D eigenvalue weighted by molar-refractivity contribution is 5.67. The molecule has 1 saturated heterocycles. The van der Waals surface area contributed by atoms with E-state index in [1.165, 1.54) is 16.8 Å². The van der Waals surface area contributed by atoms with Crippen LogP contribution >= 0.6 is 0 Å². The van der Waals surface area contributed by atoms with Gasteiger partial charge < -0.3 is 14.5 Å². The highest BCUT2D eigenvalue weighted by Gasteiger charge is 2.27. The molecule has 1 aliphatic heterocycles. The van der Waals surface area contributed by atoms with Crippen molar-refractivity contribution in [3.63, 3.8) is 0 Å². The molecule has 4 rings (SSSR count). The van der Waals surface area contributed by atoms with Crippen LogP contribution in [0.4, 0.5) is 10.5 Å². The van der Waals surface area contributed by atoms with Gasteiger partial charge in [-0.15, -0.1) is 0 Å². The second-order valence-corrected chi connectivity index (χ2v) is 9.47. The average molecular weight is 472 g/mol. The molecule has 35 heavy (non-hydrogen) atoms. The van der Waals surface area contributed by atoms with Crippen LogP contribution in [-0.2, 0) is 17.8 Å². The fraction of sp³-hybridized carbons (Fsp3) is 0.367. The Labute approximate surface area is 209 Å². The van der Waals surface area contributed by atoms with Gasteiger partial charge in [-0.1, -0.05) is 78.9 Å². The Bertz CT molecular complexity index is 980. The lowest BCUT2D eigenvalue weighted by Crippen LogP contribution is -2.46. The lowest BCUT2D eigenvalue weighted by Gasteiger charge is -2.37. The van der Waals surface area contributed by atoms with Gasteiger partial charge in [0.05, 0.1) is 0 Å². The quantitative estimate of drug-likeness (QED) is 0.394. The summed E-state index contributed by atoms with van der Waals surface area (Å²) in [5, 5.41) is 0. The molecule has 0 unspecified atom stereocenters. The molecule has 0 N–H and O–H groups in total. The number of ether oxygens (including phenoxy) is 1. The largest absolute Gasteiger partial charge is 0.448 e. The lowest BCUT2D eigenvalue weighted by atomic mass is 10.0. The predicted octanol–water partition coefficient (Wildman–Crippen LogP) is 5.81. The van der Waals surface area contributed by atoms with Crippen molar-refractivity contribution >= 4 is 11.8 Å². The lowest BCUT2D eigenvalue weighted by molar-refractivity contribution is 0.0589. The van der Waals surface area contributed by atoms with Crippen LogP contribution in [0.5, 0.6) is 0 Å². The predicted molar refractivity (Wildman–Crippen MR) is 142 cm³/mol. The minimum atomic E-state index is -0.197. The van der Waals surface area contributed by atoms with Crippen LogP contribution < -0.4 is 4.90 Å². The monoisotopic (exact) mass is 471 g/mol. The maximum atomic E-state index is 12.9. The molecule has 5 heteroatoms. The topological polar surface area (TPSA) is 36.0 Å². The molecule has 0 bridgehead atoms. The Kier molecular flexibility index (Phi) is 8.79. The molecule has 184 valence electrons. The van der Waals surface area contributed by atoms with E-state index < -0.39 is 0 Å². The first-order valence-electron chi connectivity index (χ1n) is 12.6. The molecule has 3 aromatic rings. The number of hydrogen-bond acceptors (Lipinski definition) is 4. The van der Waals surface area contributed by atoms with Crippen molar-refractivity contribution < 1.29 is 9.53 Å². The zero-order valence-electron chi connectivity index (χ0n) is 20.9. The fourth-order valence-corrected chi connectivity index (χ4v) is 4.70. The molecular formula is C30H37N3O2. The molecular weight excluding hydrogens is 434 g/mol. The second kappa shape index (κ2) is 12.4. The number of carbonyl (C=O) groups is 1. The van der Waals surface area contributed by atoms with Gasteiger partial charge in [-0.2, -0.15) is 0 Å². The van der Waals surface area contributed by atoms with Crippen molar-refractivity contribution in [1.82, 2.24) is 9.80 Å². The van der Waals surface area contributed by atoms with E-state index in [2.05, 4.69) is 96.6 Å². The number of para-hydroxylation sites is 1. The fourth-order valence-electron chi connectivity index (χ4n) is 4.70.